The first-order valence-electron chi connectivity index (χ1n) is 10.5. The number of amides is 1. The number of likely N-dealkylation sites (N-methyl/N-ethyl adjacent to an activating group) is 1. The molecule has 1 amide bonds. The summed E-state index contributed by atoms with van der Waals surface area (Å²) in [6.45, 7) is 2.99. The van der Waals surface area contributed by atoms with Crippen molar-refractivity contribution < 1.29 is 9.53 Å². The maximum absolute atomic E-state index is 12.9. The van der Waals surface area contributed by atoms with Gasteiger partial charge in [0.1, 0.15) is 11.4 Å². The zero-order valence-corrected chi connectivity index (χ0v) is 20.7. The van der Waals surface area contributed by atoms with Gasteiger partial charge in [-0.2, -0.15) is 0 Å². The topological polar surface area (TPSA) is 91.7 Å². The molecule has 0 spiro atoms. The maximum atomic E-state index is 12.9. The fraction of sp³-hybridized carbons (Fsp3) is 0.364. The van der Waals surface area contributed by atoms with Gasteiger partial charge in [0.25, 0.3) is 5.91 Å². The molecule has 0 saturated heterocycles. The van der Waals surface area contributed by atoms with Gasteiger partial charge in [-0.05, 0) is 48.3 Å². The summed E-state index contributed by atoms with van der Waals surface area (Å²) in [4.78, 5) is 20.4. The highest BCUT2D eigenvalue weighted by molar-refractivity contribution is 8.00. The average Bonchev–Trinajstić information content (AvgIpc) is 3.42. The molecule has 172 valence electrons. The first kappa shape index (κ1) is 22.5. The first-order chi connectivity index (χ1) is 15.9. The number of nitrogens with one attached hydrogen (secondary N) is 2. The molecular weight excluding hydrogens is 480 g/mol. The molecule has 5 rings (SSSR count). The minimum atomic E-state index is -0.0218. The Morgan fingerprint density at radius 3 is 3.06 bits per heavy atom. The second-order valence-electron chi connectivity index (χ2n) is 8.10. The van der Waals surface area contributed by atoms with Crippen LogP contribution in [0.1, 0.15) is 28.8 Å². The van der Waals surface area contributed by atoms with Crippen LogP contribution in [-0.2, 0) is 4.74 Å². The van der Waals surface area contributed by atoms with Crippen molar-refractivity contribution in [3.63, 3.8) is 0 Å². The number of aliphatic imine (C=N–C) groups is 1. The van der Waals surface area contributed by atoms with E-state index < -0.39 is 0 Å². The van der Waals surface area contributed by atoms with E-state index in [1.807, 2.05) is 37.3 Å². The van der Waals surface area contributed by atoms with Gasteiger partial charge in [-0.1, -0.05) is 22.2 Å². The van der Waals surface area contributed by atoms with Crippen molar-refractivity contribution in [3.05, 3.63) is 46.5 Å². The third kappa shape index (κ3) is 4.33. The molecule has 1 aromatic heterocycles. The Balaban J connectivity index is 1.40. The SMILES string of the molecule is CO[C@H](C)CN(C)C(=O)c1ccc2c(c1)SC1NCN=C(Nc3cc4snnc4cc3Cl)C21. The summed E-state index contributed by atoms with van der Waals surface area (Å²) in [5.74, 6) is 0.865. The van der Waals surface area contributed by atoms with Crippen LogP contribution < -0.4 is 10.6 Å². The van der Waals surface area contributed by atoms with Gasteiger partial charge < -0.3 is 15.0 Å². The van der Waals surface area contributed by atoms with Crippen molar-refractivity contribution >= 4 is 62.5 Å². The molecule has 33 heavy (non-hydrogen) atoms. The third-order valence-corrected chi connectivity index (χ3v) is 8.17. The summed E-state index contributed by atoms with van der Waals surface area (Å²) >= 11 is 9.56. The first-order valence-corrected chi connectivity index (χ1v) is 12.5. The van der Waals surface area contributed by atoms with Crippen LogP contribution in [0.2, 0.25) is 5.02 Å². The monoisotopic (exact) mass is 502 g/mol. The molecule has 2 N–H and O–H groups in total. The lowest BCUT2D eigenvalue weighted by molar-refractivity contribution is 0.0600. The summed E-state index contributed by atoms with van der Waals surface area (Å²) in [5.41, 5.74) is 3.38. The fourth-order valence-electron chi connectivity index (χ4n) is 4.08. The highest BCUT2D eigenvalue weighted by Crippen LogP contribution is 2.46. The molecule has 11 heteroatoms. The van der Waals surface area contributed by atoms with E-state index in [1.54, 1.807) is 30.8 Å². The van der Waals surface area contributed by atoms with Crippen LogP contribution in [0.25, 0.3) is 10.2 Å². The number of fused-ring (bicyclic) bond motifs is 4. The lowest BCUT2D eigenvalue weighted by Crippen LogP contribution is -2.41. The Bertz CT molecular complexity index is 1250. The predicted molar refractivity (Wildman–Crippen MR) is 134 cm³/mol. The van der Waals surface area contributed by atoms with Crippen LogP contribution >= 0.6 is 34.9 Å². The molecule has 8 nitrogen and oxygen atoms in total. The molecule has 3 heterocycles. The molecule has 3 aromatic rings. The quantitative estimate of drug-likeness (QED) is 0.544. The molecule has 2 aromatic carbocycles. The van der Waals surface area contributed by atoms with Crippen molar-refractivity contribution in [3.8, 4) is 0 Å². The van der Waals surface area contributed by atoms with E-state index in [4.69, 9.17) is 21.3 Å². The third-order valence-electron chi connectivity index (χ3n) is 5.87. The number of thioether (sulfide) groups is 1. The molecule has 2 unspecified atom stereocenters. The highest BCUT2D eigenvalue weighted by Gasteiger charge is 2.39. The van der Waals surface area contributed by atoms with Gasteiger partial charge in [0.05, 0.1) is 39.5 Å². The number of carbonyl (C=O) groups is 1. The normalized spacial score (nSPS) is 20.2. The smallest absolute Gasteiger partial charge is 0.253 e. The Hall–Kier alpha value is -2.24. The number of ether oxygens (including phenoxy) is 1. The Kier molecular flexibility index (Phi) is 6.28. The highest BCUT2D eigenvalue weighted by atomic mass is 35.5. The summed E-state index contributed by atoms with van der Waals surface area (Å²) < 4.78 is 10.2. The van der Waals surface area contributed by atoms with Gasteiger partial charge in [-0.3, -0.25) is 15.1 Å². The number of anilines is 1. The summed E-state index contributed by atoms with van der Waals surface area (Å²) in [6.07, 6.45) is -0.0218. The zero-order chi connectivity index (χ0) is 23.1. The molecular formula is C22H23ClN6O2S2. The predicted octanol–water partition coefficient (Wildman–Crippen LogP) is 4.04. The standard InChI is InChI=1S/C22H23ClN6O2S2/c1-11(31-3)9-29(2)22(30)12-4-5-13-17(6-12)32-21-19(13)20(24-10-25-21)26-15-8-18-16(7-14(15)23)27-28-33-18/h4-8,11,19,21,25H,9-10H2,1-3H3,(H,24,26)/t11-,19?,21?/m1/s1. The summed E-state index contributed by atoms with van der Waals surface area (Å²) in [7, 11) is 3.45. The lowest BCUT2D eigenvalue weighted by atomic mass is 9.95. The number of nitrogens with zero attached hydrogens (tertiary/aromatic N) is 4. The average molecular weight is 503 g/mol. The number of rotatable bonds is 5. The molecule has 0 radical (unpaired) electrons. The van der Waals surface area contributed by atoms with Crippen LogP contribution in [0.15, 0.2) is 40.2 Å². The van der Waals surface area contributed by atoms with E-state index in [-0.39, 0.29) is 23.3 Å². The van der Waals surface area contributed by atoms with E-state index >= 15 is 0 Å². The molecule has 2 aliphatic rings. The molecule has 0 saturated carbocycles. The number of halogens is 1. The van der Waals surface area contributed by atoms with E-state index in [0.29, 0.717) is 23.8 Å². The molecule has 0 bridgehead atoms. The second-order valence-corrected chi connectivity index (χ2v) is 10.5. The number of benzene rings is 2. The zero-order valence-electron chi connectivity index (χ0n) is 18.3. The van der Waals surface area contributed by atoms with Gasteiger partial charge in [-0.25, -0.2) is 0 Å². The van der Waals surface area contributed by atoms with Crippen LogP contribution in [0.4, 0.5) is 5.69 Å². The van der Waals surface area contributed by atoms with Crippen LogP contribution in [0.5, 0.6) is 0 Å². The summed E-state index contributed by atoms with van der Waals surface area (Å²) in [6, 6.07) is 9.69. The molecule has 3 atom stereocenters. The number of amidine groups is 1. The fourth-order valence-corrected chi connectivity index (χ4v) is 6.24. The van der Waals surface area contributed by atoms with Crippen molar-refractivity contribution in [2.24, 2.45) is 4.99 Å². The number of hydrogen-bond acceptors (Lipinski definition) is 9. The van der Waals surface area contributed by atoms with E-state index in [2.05, 4.69) is 20.2 Å². The van der Waals surface area contributed by atoms with Crippen LogP contribution in [0, 0.1) is 0 Å². The Labute approximate surface area is 204 Å². The van der Waals surface area contributed by atoms with Gasteiger partial charge in [0.15, 0.2) is 0 Å². The van der Waals surface area contributed by atoms with E-state index in [9.17, 15) is 4.79 Å². The maximum Gasteiger partial charge on any atom is 0.253 e. The molecule has 0 fully saturated rings. The second kappa shape index (κ2) is 9.19. The van der Waals surface area contributed by atoms with Crippen molar-refractivity contribution in [2.75, 3.05) is 32.7 Å². The number of aromatic nitrogens is 2. The number of carbonyl (C=O) groups excluding carboxylic acids is 1. The number of hydrogen-bond donors (Lipinski definition) is 2. The largest absolute Gasteiger partial charge is 0.380 e. The Morgan fingerprint density at radius 1 is 1.39 bits per heavy atom. The minimum Gasteiger partial charge on any atom is -0.380 e. The number of methoxy groups -OCH3 is 1. The van der Waals surface area contributed by atoms with Gasteiger partial charge in [0.2, 0.25) is 0 Å². The van der Waals surface area contributed by atoms with Crippen molar-refractivity contribution in [1.29, 1.82) is 0 Å². The van der Waals surface area contributed by atoms with E-state index in [1.165, 1.54) is 11.5 Å². The van der Waals surface area contributed by atoms with Crippen molar-refractivity contribution in [1.82, 2.24) is 19.8 Å². The van der Waals surface area contributed by atoms with Gasteiger partial charge in [-0.15, -0.1) is 16.9 Å². The molecule has 2 aliphatic heterocycles. The lowest BCUT2D eigenvalue weighted by Gasteiger charge is -2.27. The van der Waals surface area contributed by atoms with Gasteiger partial charge in [0, 0.05) is 31.2 Å². The van der Waals surface area contributed by atoms with Crippen LogP contribution in [-0.4, -0.2) is 65.1 Å². The minimum absolute atomic E-state index is 0.0182. The summed E-state index contributed by atoms with van der Waals surface area (Å²) in [5, 5.41) is 11.7. The van der Waals surface area contributed by atoms with Crippen molar-refractivity contribution in [2.45, 2.75) is 29.2 Å². The van der Waals surface area contributed by atoms with E-state index in [0.717, 1.165) is 32.2 Å². The Morgan fingerprint density at radius 2 is 2.24 bits per heavy atom. The molecule has 0 aliphatic carbocycles. The van der Waals surface area contributed by atoms with Gasteiger partial charge >= 0.3 is 0 Å². The van der Waals surface area contributed by atoms with Crippen LogP contribution in [0.3, 0.4) is 0 Å².